The molecule has 0 atom stereocenters. The monoisotopic (exact) mass is 256 g/mol. The lowest BCUT2D eigenvalue weighted by Gasteiger charge is -2.14. The van der Waals surface area contributed by atoms with Crippen LogP contribution in [-0.4, -0.2) is 18.7 Å². The second kappa shape index (κ2) is 6.50. The van der Waals surface area contributed by atoms with Crippen molar-refractivity contribution in [1.29, 1.82) is 0 Å². The number of rotatable bonds is 5. The molecule has 4 heteroatoms. The van der Waals surface area contributed by atoms with Crippen molar-refractivity contribution in [3.8, 4) is 5.75 Å². The molecule has 0 aliphatic carbocycles. The summed E-state index contributed by atoms with van der Waals surface area (Å²) in [6.45, 7) is 6.02. The number of esters is 1. The fourth-order valence-corrected chi connectivity index (χ4v) is 1.62. The third kappa shape index (κ3) is 4.65. The molecule has 0 fully saturated rings. The van der Waals surface area contributed by atoms with E-state index in [1.807, 2.05) is 13.8 Å². The predicted molar refractivity (Wildman–Crippen MR) is 67.6 cm³/mol. The third-order valence-corrected chi connectivity index (χ3v) is 2.26. The van der Waals surface area contributed by atoms with Crippen LogP contribution in [0.5, 0.6) is 5.75 Å². The molecule has 0 amide bonds. The van der Waals surface area contributed by atoms with E-state index in [1.54, 1.807) is 25.1 Å². The van der Waals surface area contributed by atoms with Crippen LogP contribution in [-0.2, 0) is 16.0 Å². The van der Waals surface area contributed by atoms with E-state index in [0.29, 0.717) is 17.4 Å². The first-order valence-corrected chi connectivity index (χ1v) is 6.01. The van der Waals surface area contributed by atoms with Crippen molar-refractivity contribution in [2.45, 2.75) is 33.3 Å². The Balaban J connectivity index is 2.86. The average molecular weight is 257 g/mol. The Kier molecular flexibility index (Phi) is 5.29. The van der Waals surface area contributed by atoms with E-state index in [1.165, 1.54) is 0 Å². The smallest absolute Gasteiger partial charge is 0.310 e. The van der Waals surface area contributed by atoms with Crippen molar-refractivity contribution < 1.29 is 14.3 Å². The van der Waals surface area contributed by atoms with Gasteiger partial charge in [0, 0.05) is 10.6 Å². The van der Waals surface area contributed by atoms with Crippen molar-refractivity contribution >= 4 is 17.6 Å². The SMILES string of the molecule is CCOC(=O)Cc1cc(Cl)ccc1OC(C)C. The second-order valence-electron chi connectivity index (χ2n) is 3.90. The van der Waals surface area contributed by atoms with E-state index in [2.05, 4.69) is 0 Å². The summed E-state index contributed by atoms with van der Waals surface area (Å²) in [6.07, 6.45) is 0.230. The predicted octanol–water partition coefficient (Wildman–Crippen LogP) is 3.23. The summed E-state index contributed by atoms with van der Waals surface area (Å²) in [4.78, 5) is 11.4. The molecule has 0 radical (unpaired) electrons. The van der Waals surface area contributed by atoms with E-state index >= 15 is 0 Å². The van der Waals surface area contributed by atoms with Gasteiger partial charge >= 0.3 is 5.97 Å². The Morgan fingerprint density at radius 2 is 2.12 bits per heavy atom. The lowest BCUT2D eigenvalue weighted by molar-refractivity contribution is -0.142. The highest BCUT2D eigenvalue weighted by Crippen LogP contribution is 2.24. The molecule has 0 spiro atoms. The van der Waals surface area contributed by atoms with Crippen molar-refractivity contribution in [2.24, 2.45) is 0 Å². The van der Waals surface area contributed by atoms with Gasteiger partial charge < -0.3 is 9.47 Å². The number of halogens is 1. The Morgan fingerprint density at radius 1 is 1.41 bits per heavy atom. The van der Waals surface area contributed by atoms with Crippen molar-refractivity contribution in [3.05, 3.63) is 28.8 Å². The van der Waals surface area contributed by atoms with Crippen LogP contribution < -0.4 is 4.74 Å². The molecule has 1 aromatic carbocycles. The largest absolute Gasteiger partial charge is 0.491 e. The number of hydrogen-bond donors (Lipinski definition) is 0. The first kappa shape index (κ1) is 13.8. The summed E-state index contributed by atoms with van der Waals surface area (Å²) < 4.78 is 10.5. The van der Waals surface area contributed by atoms with Gasteiger partial charge in [-0.05, 0) is 39.0 Å². The molecule has 0 unspecified atom stereocenters. The maximum absolute atomic E-state index is 11.4. The molecule has 0 saturated carbocycles. The Morgan fingerprint density at radius 3 is 2.71 bits per heavy atom. The second-order valence-corrected chi connectivity index (χ2v) is 4.34. The minimum absolute atomic E-state index is 0.0529. The zero-order valence-corrected chi connectivity index (χ0v) is 11.1. The number of carbonyl (C=O) groups excluding carboxylic acids is 1. The van der Waals surface area contributed by atoms with Crippen molar-refractivity contribution in [1.82, 2.24) is 0 Å². The lowest BCUT2D eigenvalue weighted by Crippen LogP contribution is -2.11. The summed E-state index contributed by atoms with van der Waals surface area (Å²) in [7, 11) is 0. The van der Waals surface area contributed by atoms with E-state index in [0.717, 1.165) is 5.56 Å². The maximum Gasteiger partial charge on any atom is 0.310 e. The third-order valence-electron chi connectivity index (χ3n) is 2.03. The van der Waals surface area contributed by atoms with E-state index < -0.39 is 0 Å². The average Bonchev–Trinajstić information content (AvgIpc) is 2.22. The van der Waals surface area contributed by atoms with Gasteiger partial charge in [0.25, 0.3) is 0 Å². The standard InChI is InChI=1S/C13H17ClO3/c1-4-16-13(15)8-10-7-11(14)5-6-12(10)17-9(2)3/h5-7,9H,4,8H2,1-3H3. The highest BCUT2D eigenvalue weighted by Gasteiger charge is 2.11. The summed E-state index contributed by atoms with van der Waals surface area (Å²) in [5.74, 6) is 0.404. The van der Waals surface area contributed by atoms with E-state index in [9.17, 15) is 4.79 Å². The first-order valence-electron chi connectivity index (χ1n) is 5.63. The van der Waals surface area contributed by atoms with Crippen LogP contribution in [0.2, 0.25) is 5.02 Å². The van der Waals surface area contributed by atoms with Gasteiger partial charge in [0.15, 0.2) is 0 Å². The van der Waals surface area contributed by atoms with Crippen molar-refractivity contribution in [3.63, 3.8) is 0 Å². The topological polar surface area (TPSA) is 35.5 Å². The van der Waals surface area contributed by atoms with Gasteiger partial charge in [-0.15, -0.1) is 0 Å². The number of carbonyl (C=O) groups is 1. The number of benzene rings is 1. The molecular formula is C13H17ClO3. The lowest BCUT2D eigenvalue weighted by atomic mass is 10.1. The zero-order valence-electron chi connectivity index (χ0n) is 10.3. The number of ether oxygens (including phenoxy) is 2. The Hall–Kier alpha value is -1.22. The fraction of sp³-hybridized carbons (Fsp3) is 0.462. The Bertz CT molecular complexity index is 388. The molecule has 3 nitrogen and oxygen atoms in total. The minimum Gasteiger partial charge on any atom is -0.491 e. The fourth-order valence-electron chi connectivity index (χ4n) is 1.42. The van der Waals surface area contributed by atoms with Crippen LogP contribution in [0.4, 0.5) is 0 Å². The van der Waals surface area contributed by atoms with E-state index in [-0.39, 0.29) is 18.5 Å². The van der Waals surface area contributed by atoms with Crippen molar-refractivity contribution in [2.75, 3.05) is 6.61 Å². The van der Waals surface area contributed by atoms with Gasteiger partial charge in [0.05, 0.1) is 19.1 Å². The zero-order chi connectivity index (χ0) is 12.8. The number of hydrogen-bond acceptors (Lipinski definition) is 3. The van der Waals surface area contributed by atoms with Crippen LogP contribution in [0, 0.1) is 0 Å². The van der Waals surface area contributed by atoms with Gasteiger partial charge in [0.2, 0.25) is 0 Å². The first-order chi connectivity index (χ1) is 8.02. The molecular weight excluding hydrogens is 240 g/mol. The van der Waals surface area contributed by atoms with Gasteiger partial charge in [-0.25, -0.2) is 0 Å². The van der Waals surface area contributed by atoms with Gasteiger partial charge in [-0.3, -0.25) is 4.79 Å². The quantitative estimate of drug-likeness (QED) is 0.759. The molecule has 0 heterocycles. The molecule has 1 rings (SSSR count). The molecule has 17 heavy (non-hydrogen) atoms. The molecule has 0 aromatic heterocycles. The molecule has 0 aliphatic rings. The van der Waals surface area contributed by atoms with Crippen LogP contribution in [0.3, 0.4) is 0 Å². The summed E-state index contributed by atoms with van der Waals surface area (Å²) in [5, 5.41) is 0.584. The van der Waals surface area contributed by atoms with E-state index in [4.69, 9.17) is 21.1 Å². The minimum atomic E-state index is -0.275. The van der Waals surface area contributed by atoms with Crippen LogP contribution in [0.15, 0.2) is 18.2 Å². The summed E-state index contributed by atoms with van der Waals surface area (Å²) in [5.41, 5.74) is 0.754. The molecule has 0 N–H and O–H groups in total. The van der Waals surface area contributed by atoms with Gasteiger partial charge in [-0.2, -0.15) is 0 Å². The van der Waals surface area contributed by atoms with Crippen LogP contribution in [0.25, 0.3) is 0 Å². The molecule has 0 bridgehead atoms. The maximum atomic E-state index is 11.4. The van der Waals surface area contributed by atoms with Crippen LogP contribution in [0.1, 0.15) is 26.3 Å². The molecule has 0 aliphatic heterocycles. The highest BCUT2D eigenvalue weighted by molar-refractivity contribution is 6.30. The molecule has 94 valence electrons. The Labute approximate surface area is 107 Å². The summed E-state index contributed by atoms with van der Waals surface area (Å²) in [6, 6.07) is 5.25. The molecule has 1 aromatic rings. The highest BCUT2D eigenvalue weighted by atomic mass is 35.5. The molecule has 0 saturated heterocycles. The summed E-state index contributed by atoms with van der Waals surface area (Å²) >= 11 is 5.91. The van der Waals surface area contributed by atoms with Crippen LogP contribution >= 0.6 is 11.6 Å². The van der Waals surface area contributed by atoms with Gasteiger partial charge in [-0.1, -0.05) is 11.6 Å². The normalized spacial score (nSPS) is 10.4. The van der Waals surface area contributed by atoms with Gasteiger partial charge in [0.1, 0.15) is 5.75 Å².